The maximum Gasteiger partial charge on any atom is 0.216 e. The van der Waals surface area contributed by atoms with Gasteiger partial charge in [0.15, 0.2) is 11.5 Å². The largest absolute Gasteiger partial charge is 0.493 e. The normalized spacial score (nSPS) is 11.3. The minimum atomic E-state index is 0.442. The summed E-state index contributed by atoms with van der Waals surface area (Å²) in [7, 11) is 1.62. The Labute approximate surface area is 134 Å². The van der Waals surface area contributed by atoms with Gasteiger partial charge in [0, 0.05) is 0 Å². The van der Waals surface area contributed by atoms with Crippen molar-refractivity contribution in [2.75, 3.05) is 13.7 Å². The van der Waals surface area contributed by atoms with Gasteiger partial charge in [0.05, 0.1) is 19.9 Å². The highest BCUT2D eigenvalue weighted by Gasteiger charge is 2.05. The minimum absolute atomic E-state index is 0.442. The quantitative estimate of drug-likeness (QED) is 0.628. The van der Waals surface area contributed by atoms with Gasteiger partial charge in [-0.2, -0.15) is 14.9 Å². The van der Waals surface area contributed by atoms with Crippen molar-refractivity contribution in [1.29, 1.82) is 0 Å². The zero-order valence-corrected chi connectivity index (χ0v) is 13.8. The van der Waals surface area contributed by atoms with Crippen molar-refractivity contribution in [3.05, 3.63) is 34.9 Å². The minimum Gasteiger partial charge on any atom is -0.493 e. The zero-order chi connectivity index (χ0) is 15.9. The van der Waals surface area contributed by atoms with E-state index in [0.717, 1.165) is 17.7 Å². The molecule has 0 aliphatic rings. The molecule has 1 N–H and O–H groups in total. The highest BCUT2D eigenvalue weighted by atomic mass is 32.1. The van der Waals surface area contributed by atoms with Crippen LogP contribution in [-0.4, -0.2) is 34.8 Å². The Balaban J connectivity index is 2.09. The third kappa shape index (κ3) is 4.42. The summed E-state index contributed by atoms with van der Waals surface area (Å²) < 4.78 is 13.1. The monoisotopic (exact) mass is 320 g/mol. The standard InChI is InChI=1S/C15H20N4O2S/c1-11(2)6-7-21-13-5-4-12(8-14(13)20-3)9-17-19-10-16-18-15(19)22/h4-5,8-11H,6-7H2,1-3H3,(H,18,22)/b17-9-. The number of nitrogens with zero attached hydrogens (tertiary/aromatic N) is 3. The fourth-order valence-corrected chi connectivity index (χ4v) is 1.89. The molecule has 0 saturated heterocycles. The summed E-state index contributed by atoms with van der Waals surface area (Å²) in [6.45, 7) is 5.01. The molecule has 22 heavy (non-hydrogen) atoms. The second-order valence-electron chi connectivity index (χ2n) is 5.19. The molecule has 0 unspecified atom stereocenters. The van der Waals surface area contributed by atoms with E-state index in [9.17, 15) is 0 Å². The molecule has 0 fully saturated rings. The number of aromatic amines is 1. The van der Waals surface area contributed by atoms with Gasteiger partial charge < -0.3 is 9.47 Å². The molecular weight excluding hydrogens is 300 g/mol. The molecule has 1 aromatic carbocycles. The van der Waals surface area contributed by atoms with Crippen molar-refractivity contribution in [3.63, 3.8) is 0 Å². The molecule has 0 aliphatic heterocycles. The maximum atomic E-state index is 5.76. The molecule has 1 heterocycles. The fraction of sp³-hybridized carbons (Fsp3) is 0.400. The van der Waals surface area contributed by atoms with E-state index < -0.39 is 0 Å². The molecule has 0 atom stereocenters. The number of nitrogens with one attached hydrogen (secondary N) is 1. The van der Waals surface area contributed by atoms with Crippen molar-refractivity contribution in [3.8, 4) is 11.5 Å². The summed E-state index contributed by atoms with van der Waals surface area (Å²) in [5.41, 5.74) is 0.885. The van der Waals surface area contributed by atoms with Crippen LogP contribution in [-0.2, 0) is 0 Å². The third-order valence-electron chi connectivity index (χ3n) is 3.01. The number of H-pyrrole nitrogens is 1. The summed E-state index contributed by atoms with van der Waals surface area (Å²) >= 11 is 5.03. The summed E-state index contributed by atoms with van der Waals surface area (Å²) in [4.78, 5) is 0. The van der Waals surface area contributed by atoms with E-state index in [1.807, 2.05) is 18.2 Å². The SMILES string of the molecule is COc1cc(/C=N\n2cn[nH]c2=S)ccc1OCCC(C)C. The molecule has 0 saturated carbocycles. The lowest BCUT2D eigenvalue weighted by Gasteiger charge is -2.12. The fourth-order valence-electron chi connectivity index (χ4n) is 1.74. The summed E-state index contributed by atoms with van der Waals surface area (Å²) in [6, 6.07) is 5.67. The van der Waals surface area contributed by atoms with Crippen LogP contribution in [0.1, 0.15) is 25.8 Å². The highest BCUT2D eigenvalue weighted by molar-refractivity contribution is 7.71. The zero-order valence-electron chi connectivity index (χ0n) is 12.9. The first-order valence-corrected chi connectivity index (χ1v) is 7.48. The molecule has 2 aromatic rings. The van der Waals surface area contributed by atoms with Crippen LogP contribution >= 0.6 is 12.2 Å². The third-order valence-corrected chi connectivity index (χ3v) is 3.29. The molecule has 1 aromatic heterocycles. The molecule has 0 aliphatic carbocycles. The van der Waals surface area contributed by atoms with Gasteiger partial charge in [-0.1, -0.05) is 13.8 Å². The Morgan fingerprint density at radius 2 is 2.23 bits per heavy atom. The van der Waals surface area contributed by atoms with E-state index in [1.165, 1.54) is 11.0 Å². The lowest BCUT2D eigenvalue weighted by Crippen LogP contribution is -2.03. The van der Waals surface area contributed by atoms with Crippen molar-refractivity contribution in [2.24, 2.45) is 11.0 Å². The van der Waals surface area contributed by atoms with Gasteiger partial charge in [-0.25, -0.2) is 0 Å². The Morgan fingerprint density at radius 1 is 1.41 bits per heavy atom. The van der Waals surface area contributed by atoms with Crippen molar-refractivity contribution in [1.82, 2.24) is 14.9 Å². The van der Waals surface area contributed by atoms with E-state index in [4.69, 9.17) is 21.7 Å². The Bertz CT molecular complexity index is 691. The first kappa shape index (κ1) is 16.2. The maximum absolute atomic E-state index is 5.76. The number of aromatic nitrogens is 3. The van der Waals surface area contributed by atoms with Crippen LogP contribution in [0.4, 0.5) is 0 Å². The van der Waals surface area contributed by atoms with E-state index in [0.29, 0.717) is 23.0 Å². The van der Waals surface area contributed by atoms with Crippen LogP contribution < -0.4 is 9.47 Å². The Morgan fingerprint density at radius 3 is 2.86 bits per heavy atom. The van der Waals surface area contributed by atoms with Crippen LogP contribution in [0.5, 0.6) is 11.5 Å². The van der Waals surface area contributed by atoms with Crippen molar-refractivity contribution >= 4 is 18.4 Å². The molecule has 0 radical (unpaired) electrons. The molecule has 0 bridgehead atoms. The first-order chi connectivity index (χ1) is 10.6. The van der Waals surface area contributed by atoms with Crippen molar-refractivity contribution < 1.29 is 9.47 Å². The van der Waals surface area contributed by atoms with Gasteiger partial charge in [0.2, 0.25) is 4.77 Å². The summed E-state index contributed by atoms with van der Waals surface area (Å²) in [6.07, 6.45) is 4.20. The molecular formula is C15H20N4O2S. The molecule has 2 rings (SSSR count). The summed E-state index contributed by atoms with van der Waals surface area (Å²) in [5, 5.41) is 10.7. The number of hydrogen-bond donors (Lipinski definition) is 1. The predicted octanol–water partition coefficient (Wildman–Crippen LogP) is 3.26. The van der Waals surface area contributed by atoms with E-state index in [-0.39, 0.29) is 0 Å². The van der Waals surface area contributed by atoms with Gasteiger partial charge >= 0.3 is 0 Å². The molecule has 7 heteroatoms. The van der Waals surface area contributed by atoms with Crippen LogP contribution in [0.2, 0.25) is 0 Å². The second kappa shape index (κ2) is 7.74. The van der Waals surface area contributed by atoms with E-state index in [2.05, 4.69) is 29.1 Å². The second-order valence-corrected chi connectivity index (χ2v) is 5.58. The Hall–Kier alpha value is -2.15. The number of benzene rings is 1. The van der Waals surface area contributed by atoms with Crippen molar-refractivity contribution in [2.45, 2.75) is 20.3 Å². The predicted molar refractivity (Wildman–Crippen MR) is 88.3 cm³/mol. The smallest absolute Gasteiger partial charge is 0.216 e. The Kier molecular flexibility index (Phi) is 5.71. The average Bonchev–Trinajstić information content (AvgIpc) is 2.91. The lowest BCUT2D eigenvalue weighted by atomic mass is 10.1. The van der Waals surface area contributed by atoms with Gasteiger partial charge in [0.25, 0.3) is 0 Å². The molecule has 0 amide bonds. The van der Waals surface area contributed by atoms with E-state index >= 15 is 0 Å². The number of rotatable bonds is 7. The van der Waals surface area contributed by atoms with Gasteiger partial charge in [-0.3, -0.25) is 5.10 Å². The van der Waals surface area contributed by atoms with Crippen LogP contribution in [0, 0.1) is 10.7 Å². The highest BCUT2D eigenvalue weighted by Crippen LogP contribution is 2.27. The number of methoxy groups -OCH3 is 1. The topological polar surface area (TPSA) is 64.4 Å². The number of hydrogen-bond acceptors (Lipinski definition) is 5. The van der Waals surface area contributed by atoms with Crippen LogP contribution in [0.15, 0.2) is 29.6 Å². The lowest BCUT2D eigenvalue weighted by molar-refractivity contribution is 0.273. The number of ether oxygens (including phenoxy) is 2. The van der Waals surface area contributed by atoms with Crippen LogP contribution in [0.3, 0.4) is 0 Å². The summed E-state index contributed by atoms with van der Waals surface area (Å²) in [5.74, 6) is 2.03. The van der Waals surface area contributed by atoms with Gasteiger partial charge in [-0.15, -0.1) is 0 Å². The average molecular weight is 320 g/mol. The molecule has 118 valence electrons. The molecule has 0 spiro atoms. The molecule has 6 nitrogen and oxygen atoms in total. The first-order valence-electron chi connectivity index (χ1n) is 7.07. The van der Waals surface area contributed by atoms with Gasteiger partial charge in [0.1, 0.15) is 6.33 Å². The van der Waals surface area contributed by atoms with Gasteiger partial charge in [-0.05, 0) is 48.3 Å². The van der Waals surface area contributed by atoms with E-state index in [1.54, 1.807) is 13.3 Å². The van der Waals surface area contributed by atoms with Crippen LogP contribution in [0.25, 0.3) is 0 Å².